The Morgan fingerprint density at radius 1 is 1.22 bits per heavy atom. The lowest BCUT2D eigenvalue weighted by Crippen LogP contribution is -2.38. The summed E-state index contributed by atoms with van der Waals surface area (Å²) in [6.07, 6.45) is 4.11. The zero-order valence-corrected chi connectivity index (χ0v) is 16.2. The highest BCUT2D eigenvalue weighted by molar-refractivity contribution is 7.17. The molecule has 0 atom stereocenters. The van der Waals surface area contributed by atoms with E-state index in [0.717, 1.165) is 55.9 Å². The molecule has 7 heteroatoms. The van der Waals surface area contributed by atoms with Gasteiger partial charge in [0.2, 0.25) is 0 Å². The van der Waals surface area contributed by atoms with Crippen molar-refractivity contribution in [3.63, 3.8) is 0 Å². The highest BCUT2D eigenvalue weighted by Gasteiger charge is 2.25. The number of carbonyl (C=O) groups excluding carboxylic acids is 1. The molecular weight excluding hydrogens is 364 g/mol. The van der Waals surface area contributed by atoms with Crippen LogP contribution in [0.25, 0.3) is 0 Å². The SMILES string of the molecule is CCOc1ccc(CCC2CCN(C(=O)c3ccc([N+](=O)[O-])s3)CC2)cc1. The number of piperidine rings is 1. The van der Waals surface area contributed by atoms with Crippen molar-refractivity contribution >= 4 is 22.2 Å². The Morgan fingerprint density at radius 2 is 1.93 bits per heavy atom. The molecule has 0 bridgehead atoms. The molecule has 6 nitrogen and oxygen atoms in total. The summed E-state index contributed by atoms with van der Waals surface area (Å²) >= 11 is 0.955. The first-order valence-corrected chi connectivity index (χ1v) is 10.1. The molecule has 27 heavy (non-hydrogen) atoms. The van der Waals surface area contributed by atoms with E-state index in [1.165, 1.54) is 11.6 Å². The number of hydrogen-bond donors (Lipinski definition) is 0. The first kappa shape index (κ1) is 19.4. The number of likely N-dealkylation sites (tertiary alicyclic amines) is 1. The van der Waals surface area contributed by atoms with E-state index < -0.39 is 4.92 Å². The maximum Gasteiger partial charge on any atom is 0.324 e. The van der Waals surface area contributed by atoms with Crippen LogP contribution < -0.4 is 4.74 Å². The van der Waals surface area contributed by atoms with Crippen LogP contribution in [0.1, 0.15) is 41.4 Å². The van der Waals surface area contributed by atoms with Crippen LogP contribution in [0.5, 0.6) is 5.75 Å². The number of rotatable bonds is 7. The number of ether oxygens (including phenoxy) is 1. The van der Waals surface area contributed by atoms with E-state index in [2.05, 4.69) is 12.1 Å². The number of nitro groups is 1. The molecular formula is C20H24N2O4S. The van der Waals surface area contributed by atoms with Crippen LogP contribution in [0.2, 0.25) is 0 Å². The second-order valence-corrected chi connectivity index (χ2v) is 7.81. The van der Waals surface area contributed by atoms with Crippen molar-refractivity contribution in [1.82, 2.24) is 4.90 Å². The fraction of sp³-hybridized carbons (Fsp3) is 0.450. The molecule has 1 aliphatic rings. The number of aryl methyl sites for hydroxylation is 1. The molecule has 0 saturated carbocycles. The van der Waals surface area contributed by atoms with E-state index in [1.807, 2.05) is 24.0 Å². The highest BCUT2D eigenvalue weighted by Crippen LogP contribution is 2.28. The van der Waals surface area contributed by atoms with Gasteiger partial charge in [-0.25, -0.2) is 0 Å². The molecule has 1 aromatic carbocycles. The van der Waals surface area contributed by atoms with Gasteiger partial charge in [0.15, 0.2) is 0 Å². The lowest BCUT2D eigenvalue weighted by molar-refractivity contribution is -0.380. The van der Waals surface area contributed by atoms with Crippen LogP contribution in [0.4, 0.5) is 5.00 Å². The summed E-state index contributed by atoms with van der Waals surface area (Å²) in [7, 11) is 0. The van der Waals surface area contributed by atoms with Gasteiger partial charge in [0.25, 0.3) is 5.91 Å². The second-order valence-electron chi connectivity index (χ2n) is 6.75. The fourth-order valence-corrected chi connectivity index (χ4v) is 4.20. The molecule has 1 saturated heterocycles. The van der Waals surface area contributed by atoms with Gasteiger partial charge in [-0.2, -0.15) is 0 Å². The number of hydrogen-bond acceptors (Lipinski definition) is 5. The Balaban J connectivity index is 1.45. The number of benzene rings is 1. The molecule has 1 amide bonds. The predicted molar refractivity (Wildman–Crippen MR) is 106 cm³/mol. The summed E-state index contributed by atoms with van der Waals surface area (Å²) in [5, 5.41) is 10.8. The zero-order chi connectivity index (χ0) is 19.2. The Labute approximate surface area is 162 Å². The van der Waals surface area contributed by atoms with E-state index >= 15 is 0 Å². The standard InChI is InChI=1S/C20H24N2O4S/c1-2-26-17-7-5-15(6-8-17)3-4-16-11-13-21(14-12-16)20(23)18-9-10-19(27-18)22(24)25/h5-10,16H,2-4,11-14H2,1H3. The van der Waals surface area contributed by atoms with Crippen LogP contribution >= 0.6 is 11.3 Å². The van der Waals surface area contributed by atoms with Crippen molar-refractivity contribution in [3.8, 4) is 5.75 Å². The highest BCUT2D eigenvalue weighted by atomic mass is 32.1. The van der Waals surface area contributed by atoms with E-state index in [-0.39, 0.29) is 10.9 Å². The number of nitrogens with zero attached hydrogens (tertiary/aromatic N) is 2. The minimum absolute atomic E-state index is 0.0172. The van der Waals surface area contributed by atoms with Crippen LogP contribution in [0, 0.1) is 16.0 Å². The molecule has 0 radical (unpaired) electrons. The van der Waals surface area contributed by atoms with Crippen molar-refractivity contribution in [3.05, 3.63) is 57.0 Å². The summed E-state index contributed by atoms with van der Waals surface area (Å²) in [6, 6.07) is 11.2. The van der Waals surface area contributed by atoms with Crippen LogP contribution in [-0.4, -0.2) is 35.4 Å². The van der Waals surface area contributed by atoms with Gasteiger partial charge in [-0.1, -0.05) is 23.5 Å². The predicted octanol–water partition coefficient (Wildman–Crippen LogP) is 4.54. The monoisotopic (exact) mass is 388 g/mol. The molecule has 1 aromatic heterocycles. The Hall–Kier alpha value is -2.41. The van der Waals surface area contributed by atoms with E-state index in [9.17, 15) is 14.9 Å². The molecule has 1 aliphatic heterocycles. The largest absolute Gasteiger partial charge is 0.494 e. The van der Waals surface area contributed by atoms with Gasteiger partial charge in [-0.05, 0) is 62.3 Å². The van der Waals surface area contributed by atoms with E-state index in [0.29, 0.717) is 17.4 Å². The Kier molecular flexibility index (Phi) is 6.45. The summed E-state index contributed by atoms with van der Waals surface area (Å²) in [5.74, 6) is 1.43. The fourth-order valence-electron chi connectivity index (χ4n) is 3.41. The molecule has 2 aromatic rings. The first-order chi connectivity index (χ1) is 13.1. The number of thiophene rings is 1. The minimum Gasteiger partial charge on any atom is -0.494 e. The molecule has 0 N–H and O–H groups in total. The smallest absolute Gasteiger partial charge is 0.324 e. The molecule has 0 spiro atoms. The van der Waals surface area contributed by atoms with Gasteiger partial charge in [-0.3, -0.25) is 14.9 Å². The first-order valence-electron chi connectivity index (χ1n) is 9.32. The van der Waals surface area contributed by atoms with Crippen LogP contribution in [-0.2, 0) is 6.42 Å². The van der Waals surface area contributed by atoms with Crippen molar-refractivity contribution in [2.24, 2.45) is 5.92 Å². The van der Waals surface area contributed by atoms with Crippen LogP contribution in [0.15, 0.2) is 36.4 Å². The third kappa shape index (κ3) is 5.07. The van der Waals surface area contributed by atoms with Crippen molar-refractivity contribution in [2.45, 2.75) is 32.6 Å². The minimum atomic E-state index is -0.450. The normalized spacial score (nSPS) is 14.9. The third-order valence-corrected chi connectivity index (χ3v) is 5.98. The third-order valence-electron chi connectivity index (χ3n) is 4.96. The van der Waals surface area contributed by atoms with Gasteiger partial charge in [0, 0.05) is 19.2 Å². The quantitative estimate of drug-likeness (QED) is 0.516. The lowest BCUT2D eigenvalue weighted by atomic mass is 9.90. The average Bonchev–Trinajstić information content (AvgIpc) is 3.18. The molecule has 2 heterocycles. The van der Waals surface area contributed by atoms with Crippen molar-refractivity contribution in [1.29, 1.82) is 0 Å². The topological polar surface area (TPSA) is 72.7 Å². The van der Waals surface area contributed by atoms with Crippen molar-refractivity contribution in [2.75, 3.05) is 19.7 Å². The summed E-state index contributed by atoms with van der Waals surface area (Å²) in [6.45, 7) is 4.09. The van der Waals surface area contributed by atoms with Crippen LogP contribution in [0.3, 0.4) is 0 Å². The number of carbonyl (C=O) groups is 1. The molecule has 3 rings (SSSR count). The van der Waals surface area contributed by atoms with Gasteiger partial charge in [-0.15, -0.1) is 0 Å². The molecule has 0 unspecified atom stereocenters. The summed E-state index contributed by atoms with van der Waals surface area (Å²) < 4.78 is 5.47. The summed E-state index contributed by atoms with van der Waals surface area (Å²) in [5.41, 5.74) is 1.31. The van der Waals surface area contributed by atoms with Gasteiger partial charge < -0.3 is 9.64 Å². The van der Waals surface area contributed by atoms with Gasteiger partial charge in [0.1, 0.15) is 5.75 Å². The number of amides is 1. The second kappa shape index (κ2) is 8.99. The van der Waals surface area contributed by atoms with Gasteiger partial charge in [0.05, 0.1) is 16.4 Å². The summed E-state index contributed by atoms with van der Waals surface area (Å²) in [4.78, 5) is 25.1. The zero-order valence-electron chi connectivity index (χ0n) is 15.4. The average molecular weight is 388 g/mol. The van der Waals surface area contributed by atoms with Crippen molar-refractivity contribution < 1.29 is 14.5 Å². The van der Waals surface area contributed by atoms with E-state index in [4.69, 9.17) is 4.74 Å². The molecule has 1 fully saturated rings. The van der Waals surface area contributed by atoms with E-state index in [1.54, 1.807) is 6.07 Å². The molecule has 0 aliphatic carbocycles. The lowest BCUT2D eigenvalue weighted by Gasteiger charge is -2.31. The maximum absolute atomic E-state index is 12.5. The Morgan fingerprint density at radius 3 is 2.52 bits per heavy atom. The maximum atomic E-state index is 12.5. The Bertz CT molecular complexity index is 780. The molecule has 144 valence electrons. The van der Waals surface area contributed by atoms with Gasteiger partial charge >= 0.3 is 5.00 Å².